The Labute approximate surface area is 112 Å². The van der Waals surface area contributed by atoms with Crippen LogP contribution in [0.1, 0.15) is 22.8 Å². The average molecular weight is 258 g/mol. The SMILES string of the molecule is COCc1nc(CN2CCc3ccccc3C2)n[nH]1. The Morgan fingerprint density at radius 3 is 3.00 bits per heavy atom. The second-order valence-corrected chi connectivity index (χ2v) is 4.86. The van der Waals surface area contributed by atoms with E-state index < -0.39 is 0 Å². The van der Waals surface area contributed by atoms with Gasteiger partial charge in [-0.2, -0.15) is 5.10 Å². The zero-order valence-corrected chi connectivity index (χ0v) is 11.1. The average Bonchev–Trinajstić information content (AvgIpc) is 2.86. The van der Waals surface area contributed by atoms with E-state index in [0.717, 1.165) is 37.7 Å². The Kier molecular flexibility index (Phi) is 3.57. The van der Waals surface area contributed by atoms with E-state index in [1.54, 1.807) is 7.11 Å². The lowest BCUT2D eigenvalue weighted by molar-refractivity contribution is 0.178. The molecule has 0 radical (unpaired) electrons. The summed E-state index contributed by atoms with van der Waals surface area (Å²) in [5.41, 5.74) is 2.88. The summed E-state index contributed by atoms with van der Waals surface area (Å²) in [6.07, 6.45) is 1.10. The molecular weight excluding hydrogens is 240 g/mol. The van der Waals surface area contributed by atoms with Gasteiger partial charge in [0.2, 0.25) is 0 Å². The first-order chi connectivity index (χ1) is 9.35. The van der Waals surface area contributed by atoms with Crippen molar-refractivity contribution in [3.8, 4) is 0 Å². The standard InChI is InChI=1S/C14H18N4O/c1-19-10-14-15-13(16-17-14)9-18-7-6-11-4-2-3-5-12(11)8-18/h2-5H,6-10H2,1H3,(H,15,16,17). The van der Waals surface area contributed by atoms with Gasteiger partial charge in [0.05, 0.1) is 6.54 Å². The quantitative estimate of drug-likeness (QED) is 0.903. The highest BCUT2D eigenvalue weighted by Crippen LogP contribution is 2.19. The maximum atomic E-state index is 5.03. The van der Waals surface area contributed by atoms with Gasteiger partial charge in [-0.05, 0) is 17.5 Å². The fourth-order valence-electron chi connectivity index (χ4n) is 2.50. The Morgan fingerprint density at radius 1 is 1.32 bits per heavy atom. The molecule has 1 aromatic heterocycles. The van der Waals surface area contributed by atoms with Gasteiger partial charge in [-0.1, -0.05) is 24.3 Å². The number of hydrogen-bond donors (Lipinski definition) is 1. The van der Waals surface area contributed by atoms with Crippen LogP contribution in [0.25, 0.3) is 0 Å². The van der Waals surface area contributed by atoms with Crippen LogP contribution in [-0.2, 0) is 30.9 Å². The van der Waals surface area contributed by atoms with Gasteiger partial charge in [-0.25, -0.2) is 4.98 Å². The van der Waals surface area contributed by atoms with Crippen LogP contribution in [-0.4, -0.2) is 33.7 Å². The van der Waals surface area contributed by atoms with Crippen LogP contribution in [0.5, 0.6) is 0 Å². The Bertz CT molecular complexity index is 552. The molecule has 0 amide bonds. The number of H-pyrrole nitrogens is 1. The number of nitrogens with zero attached hydrogens (tertiary/aromatic N) is 3. The van der Waals surface area contributed by atoms with Gasteiger partial charge in [0.15, 0.2) is 11.6 Å². The molecule has 0 spiro atoms. The molecule has 0 bridgehead atoms. The summed E-state index contributed by atoms with van der Waals surface area (Å²) in [4.78, 5) is 6.79. The van der Waals surface area contributed by atoms with Crippen molar-refractivity contribution >= 4 is 0 Å². The van der Waals surface area contributed by atoms with Crippen LogP contribution >= 0.6 is 0 Å². The van der Waals surface area contributed by atoms with Gasteiger partial charge in [0, 0.05) is 20.2 Å². The first kappa shape index (κ1) is 12.3. The van der Waals surface area contributed by atoms with Gasteiger partial charge in [-0.3, -0.25) is 10.00 Å². The Morgan fingerprint density at radius 2 is 2.16 bits per heavy atom. The van der Waals surface area contributed by atoms with E-state index in [1.807, 2.05) is 0 Å². The number of hydrogen-bond acceptors (Lipinski definition) is 4. The third-order valence-electron chi connectivity index (χ3n) is 3.43. The molecule has 100 valence electrons. The van der Waals surface area contributed by atoms with E-state index in [1.165, 1.54) is 11.1 Å². The number of fused-ring (bicyclic) bond motifs is 1. The molecule has 0 saturated heterocycles. The van der Waals surface area contributed by atoms with Crippen LogP contribution in [0.2, 0.25) is 0 Å². The molecule has 2 heterocycles. The number of benzene rings is 1. The highest BCUT2D eigenvalue weighted by molar-refractivity contribution is 5.29. The summed E-state index contributed by atoms with van der Waals surface area (Å²) in [6.45, 7) is 3.31. The molecule has 0 saturated carbocycles. The first-order valence-corrected chi connectivity index (χ1v) is 6.53. The van der Waals surface area contributed by atoms with Crippen molar-refractivity contribution in [3.05, 3.63) is 47.0 Å². The largest absolute Gasteiger partial charge is 0.377 e. The Balaban J connectivity index is 1.65. The van der Waals surface area contributed by atoms with Gasteiger partial charge >= 0.3 is 0 Å². The van der Waals surface area contributed by atoms with E-state index in [9.17, 15) is 0 Å². The fourth-order valence-corrected chi connectivity index (χ4v) is 2.50. The van der Waals surface area contributed by atoms with E-state index in [2.05, 4.69) is 44.3 Å². The maximum Gasteiger partial charge on any atom is 0.164 e. The summed E-state index contributed by atoms with van der Waals surface area (Å²) in [5, 5.41) is 7.13. The van der Waals surface area contributed by atoms with E-state index in [0.29, 0.717) is 6.61 Å². The molecule has 1 N–H and O–H groups in total. The lowest BCUT2D eigenvalue weighted by Gasteiger charge is -2.27. The molecule has 0 atom stereocenters. The highest BCUT2D eigenvalue weighted by Gasteiger charge is 2.17. The molecule has 1 aliphatic heterocycles. The van der Waals surface area contributed by atoms with Crippen molar-refractivity contribution in [2.45, 2.75) is 26.1 Å². The monoisotopic (exact) mass is 258 g/mol. The number of ether oxygens (including phenoxy) is 1. The van der Waals surface area contributed by atoms with Crippen LogP contribution in [0.4, 0.5) is 0 Å². The predicted molar refractivity (Wildman–Crippen MR) is 71.4 cm³/mol. The normalized spacial score (nSPS) is 15.4. The Hall–Kier alpha value is -1.72. The molecule has 5 nitrogen and oxygen atoms in total. The van der Waals surface area contributed by atoms with Crippen LogP contribution in [0, 0.1) is 0 Å². The van der Waals surface area contributed by atoms with E-state index >= 15 is 0 Å². The lowest BCUT2D eigenvalue weighted by atomic mass is 10.00. The van der Waals surface area contributed by atoms with E-state index in [4.69, 9.17) is 4.74 Å². The van der Waals surface area contributed by atoms with Crippen molar-refractivity contribution < 1.29 is 4.74 Å². The minimum Gasteiger partial charge on any atom is -0.377 e. The van der Waals surface area contributed by atoms with Crippen molar-refractivity contribution in [1.29, 1.82) is 0 Å². The zero-order chi connectivity index (χ0) is 13.1. The zero-order valence-electron chi connectivity index (χ0n) is 11.1. The molecule has 2 aromatic rings. The number of aromatic nitrogens is 3. The minimum atomic E-state index is 0.482. The van der Waals surface area contributed by atoms with Gasteiger partial charge in [0.25, 0.3) is 0 Å². The summed E-state index contributed by atoms with van der Waals surface area (Å²) in [7, 11) is 1.66. The summed E-state index contributed by atoms with van der Waals surface area (Å²) in [6, 6.07) is 8.64. The molecule has 0 fully saturated rings. The summed E-state index contributed by atoms with van der Waals surface area (Å²) < 4.78 is 5.03. The maximum absolute atomic E-state index is 5.03. The topological polar surface area (TPSA) is 54.0 Å². The molecule has 0 unspecified atom stereocenters. The van der Waals surface area contributed by atoms with Crippen molar-refractivity contribution in [2.24, 2.45) is 0 Å². The molecule has 1 aliphatic rings. The van der Waals surface area contributed by atoms with Gasteiger partial charge < -0.3 is 4.74 Å². The molecule has 0 aliphatic carbocycles. The van der Waals surface area contributed by atoms with Crippen molar-refractivity contribution in [1.82, 2.24) is 20.1 Å². The van der Waals surface area contributed by atoms with Crippen molar-refractivity contribution in [3.63, 3.8) is 0 Å². The van der Waals surface area contributed by atoms with Crippen LogP contribution in [0.3, 0.4) is 0 Å². The molecule has 1 aromatic carbocycles. The third-order valence-corrected chi connectivity index (χ3v) is 3.43. The van der Waals surface area contributed by atoms with Crippen LogP contribution in [0.15, 0.2) is 24.3 Å². The number of aromatic amines is 1. The predicted octanol–water partition coefficient (Wildman–Crippen LogP) is 1.51. The third kappa shape index (κ3) is 2.83. The molecule has 3 rings (SSSR count). The van der Waals surface area contributed by atoms with Gasteiger partial charge in [0.1, 0.15) is 6.61 Å². The smallest absolute Gasteiger partial charge is 0.164 e. The lowest BCUT2D eigenvalue weighted by Crippen LogP contribution is -2.30. The first-order valence-electron chi connectivity index (χ1n) is 6.53. The minimum absolute atomic E-state index is 0.482. The number of methoxy groups -OCH3 is 1. The van der Waals surface area contributed by atoms with Gasteiger partial charge in [-0.15, -0.1) is 0 Å². The second kappa shape index (κ2) is 5.50. The van der Waals surface area contributed by atoms with Crippen molar-refractivity contribution in [2.75, 3.05) is 13.7 Å². The molecule has 5 heteroatoms. The number of nitrogens with one attached hydrogen (secondary N) is 1. The van der Waals surface area contributed by atoms with E-state index in [-0.39, 0.29) is 0 Å². The summed E-state index contributed by atoms with van der Waals surface area (Å²) in [5.74, 6) is 1.63. The van der Waals surface area contributed by atoms with Crippen LogP contribution < -0.4 is 0 Å². The molecular formula is C14H18N4O. The second-order valence-electron chi connectivity index (χ2n) is 4.86. The highest BCUT2D eigenvalue weighted by atomic mass is 16.5. The fraction of sp³-hybridized carbons (Fsp3) is 0.429. The molecule has 19 heavy (non-hydrogen) atoms. The number of rotatable bonds is 4. The summed E-state index contributed by atoms with van der Waals surface area (Å²) >= 11 is 0.